The van der Waals surface area contributed by atoms with Gasteiger partial charge in [-0.05, 0) is 38.6 Å². The highest BCUT2D eigenvalue weighted by Crippen LogP contribution is 2.33. The Kier molecular flexibility index (Phi) is 3.60. The van der Waals surface area contributed by atoms with Crippen molar-refractivity contribution in [2.24, 2.45) is 0 Å². The molecule has 0 fully saturated rings. The minimum atomic E-state index is -0.113. The smallest absolute Gasteiger partial charge is 0.134 e. The lowest BCUT2D eigenvalue weighted by Crippen LogP contribution is -2.10. The molecule has 3 heteroatoms. The van der Waals surface area contributed by atoms with Gasteiger partial charge in [-0.15, -0.1) is 11.3 Å². The Morgan fingerprint density at radius 3 is 2.71 bits per heavy atom. The molecule has 2 aromatic rings. The third kappa shape index (κ3) is 2.40. The summed E-state index contributed by atoms with van der Waals surface area (Å²) in [5.74, 6) is -0.113. The lowest BCUT2D eigenvalue weighted by Gasteiger charge is -2.06. The number of nitrogens with one attached hydrogen (secondary N) is 1. The normalized spacial score (nSPS) is 12.7. The molecule has 0 saturated carbocycles. The van der Waals surface area contributed by atoms with Crippen molar-refractivity contribution in [3.8, 4) is 10.4 Å². The van der Waals surface area contributed by atoms with Crippen LogP contribution in [0, 0.1) is 12.7 Å². The summed E-state index contributed by atoms with van der Waals surface area (Å²) in [5, 5.41) is 3.19. The van der Waals surface area contributed by atoms with Crippen LogP contribution in [0.15, 0.2) is 30.3 Å². The summed E-state index contributed by atoms with van der Waals surface area (Å²) in [7, 11) is 1.93. The van der Waals surface area contributed by atoms with Crippen molar-refractivity contribution in [3.05, 3.63) is 46.6 Å². The molecule has 0 aliphatic rings. The molecule has 2 rings (SSSR count). The Labute approximate surface area is 105 Å². The van der Waals surface area contributed by atoms with Gasteiger partial charge in [-0.2, -0.15) is 0 Å². The van der Waals surface area contributed by atoms with Crippen LogP contribution >= 0.6 is 11.3 Å². The van der Waals surface area contributed by atoms with Gasteiger partial charge in [-0.25, -0.2) is 4.39 Å². The first-order valence-corrected chi connectivity index (χ1v) is 6.47. The van der Waals surface area contributed by atoms with Crippen molar-refractivity contribution in [2.45, 2.75) is 19.9 Å². The van der Waals surface area contributed by atoms with E-state index in [9.17, 15) is 4.39 Å². The Hall–Kier alpha value is -1.19. The van der Waals surface area contributed by atoms with Gasteiger partial charge < -0.3 is 5.32 Å². The molecule has 1 heterocycles. The summed E-state index contributed by atoms with van der Waals surface area (Å²) in [6.07, 6.45) is 0. The van der Waals surface area contributed by atoms with Crippen LogP contribution < -0.4 is 5.32 Å². The van der Waals surface area contributed by atoms with Crippen molar-refractivity contribution >= 4 is 11.3 Å². The first-order valence-electron chi connectivity index (χ1n) is 5.66. The van der Waals surface area contributed by atoms with Gasteiger partial charge >= 0.3 is 0 Å². The molecule has 0 radical (unpaired) electrons. The first kappa shape index (κ1) is 12.3. The summed E-state index contributed by atoms with van der Waals surface area (Å²) >= 11 is 1.64. The van der Waals surface area contributed by atoms with E-state index in [1.807, 2.05) is 25.2 Å². The molecular weight excluding hydrogens is 233 g/mol. The van der Waals surface area contributed by atoms with Crippen LogP contribution in [-0.2, 0) is 0 Å². The average Bonchev–Trinajstić information content (AvgIpc) is 2.81. The van der Waals surface area contributed by atoms with E-state index in [0.29, 0.717) is 17.2 Å². The molecule has 0 amide bonds. The molecule has 17 heavy (non-hydrogen) atoms. The van der Waals surface area contributed by atoms with Crippen molar-refractivity contribution in [3.63, 3.8) is 0 Å². The highest BCUT2D eigenvalue weighted by atomic mass is 32.1. The van der Waals surface area contributed by atoms with Crippen LogP contribution in [0.2, 0.25) is 0 Å². The molecule has 1 aromatic heterocycles. The Bertz CT molecular complexity index is 519. The average molecular weight is 249 g/mol. The topological polar surface area (TPSA) is 12.0 Å². The fourth-order valence-corrected chi connectivity index (χ4v) is 2.80. The van der Waals surface area contributed by atoms with Crippen molar-refractivity contribution in [1.82, 2.24) is 5.32 Å². The van der Waals surface area contributed by atoms with Gasteiger partial charge in [0.1, 0.15) is 5.82 Å². The van der Waals surface area contributed by atoms with Crippen molar-refractivity contribution in [1.29, 1.82) is 0 Å². The lowest BCUT2D eigenvalue weighted by molar-refractivity contribution is 0.622. The van der Waals surface area contributed by atoms with Gasteiger partial charge in [0.15, 0.2) is 0 Å². The molecule has 0 bridgehead atoms. The van der Waals surface area contributed by atoms with Crippen molar-refractivity contribution in [2.75, 3.05) is 7.05 Å². The molecule has 90 valence electrons. The zero-order valence-corrected chi connectivity index (χ0v) is 11.1. The second-order valence-corrected chi connectivity index (χ2v) is 5.26. The molecule has 0 saturated heterocycles. The van der Waals surface area contributed by atoms with Gasteiger partial charge in [0.2, 0.25) is 0 Å². The molecule has 1 aromatic carbocycles. The Morgan fingerprint density at radius 1 is 1.24 bits per heavy atom. The Morgan fingerprint density at radius 2 is 2.00 bits per heavy atom. The van der Waals surface area contributed by atoms with Gasteiger partial charge in [0.05, 0.1) is 0 Å². The second kappa shape index (κ2) is 4.98. The quantitative estimate of drug-likeness (QED) is 0.862. The largest absolute Gasteiger partial charge is 0.313 e. The maximum Gasteiger partial charge on any atom is 0.134 e. The summed E-state index contributed by atoms with van der Waals surface area (Å²) < 4.78 is 14.0. The molecular formula is C14H16FNS. The van der Waals surface area contributed by atoms with E-state index in [4.69, 9.17) is 0 Å². The highest BCUT2D eigenvalue weighted by Gasteiger charge is 2.11. The Balaban J connectivity index is 2.40. The third-order valence-electron chi connectivity index (χ3n) is 2.94. The van der Waals surface area contributed by atoms with Gasteiger partial charge in [-0.1, -0.05) is 18.2 Å². The zero-order valence-electron chi connectivity index (χ0n) is 10.3. The lowest BCUT2D eigenvalue weighted by atomic mass is 10.1. The number of hydrogen-bond acceptors (Lipinski definition) is 2. The SMILES string of the molecule is CNC(C)c1ccc(-c2cccc(C)c2F)s1. The van der Waals surface area contributed by atoms with E-state index in [0.717, 1.165) is 4.88 Å². The maximum absolute atomic E-state index is 14.0. The minimum absolute atomic E-state index is 0.113. The number of hydrogen-bond donors (Lipinski definition) is 1. The van der Waals surface area contributed by atoms with Crippen LogP contribution in [-0.4, -0.2) is 7.05 Å². The number of thiophene rings is 1. The second-order valence-electron chi connectivity index (χ2n) is 4.15. The van der Waals surface area contributed by atoms with Gasteiger partial charge in [0, 0.05) is 21.4 Å². The minimum Gasteiger partial charge on any atom is -0.313 e. The monoisotopic (exact) mass is 249 g/mol. The summed E-state index contributed by atoms with van der Waals surface area (Å²) in [6, 6.07) is 9.89. The number of halogens is 1. The van der Waals surface area contributed by atoms with E-state index in [-0.39, 0.29) is 5.82 Å². The van der Waals surface area contributed by atoms with Gasteiger partial charge in [-0.3, -0.25) is 0 Å². The predicted molar refractivity (Wildman–Crippen MR) is 71.9 cm³/mol. The highest BCUT2D eigenvalue weighted by molar-refractivity contribution is 7.15. The fourth-order valence-electron chi connectivity index (χ4n) is 1.71. The van der Waals surface area contributed by atoms with Crippen LogP contribution in [0.1, 0.15) is 23.4 Å². The molecule has 0 aliphatic carbocycles. The van der Waals surface area contributed by atoms with Crippen molar-refractivity contribution < 1.29 is 4.39 Å². The molecule has 1 nitrogen and oxygen atoms in total. The molecule has 1 unspecified atom stereocenters. The van der Waals surface area contributed by atoms with E-state index in [1.54, 1.807) is 24.3 Å². The fraction of sp³-hybridized carbons (Fsp3) is 0.286. The zero-order chi connectivity index (χ0) is 12.4. The molecule has 1 N–H and O–H groups in total. The molecule has 0 aliphatic heterocycles. The maximum atomic E-state index is 14.0. The van der Waals surface area contributed by atoms with E-state index in [1.165, 1.54) is 4.88 Å². The van der Waals surface area contributed by atoms with Gasteiger partial charge in [0.25, 0.3) is 0 Å². The van der Waals surface area contributed by atoms with Crippen LogP contribution in [0.25, 0.3) is 10.4 Å². The number of aryl methyl sites for hydroxylation is 1. The summed E-state index contributed by atoms with van der Waals surface area (Å²) in [6.45, 7) is 3.89. The third-order valence-corrected chi connectivity index (χ3v) is 4.25. The van der Waals surface area contributed by atoms with E-state index in [2.05, 4.69) is 18.3 Å². The van der Waals surface area contributed by atoms with E-state index >= 15 is 0 Å². The predicted octanol–water partition coefficient (Wildman–Crippen LogP) is 4.14. The standard InChI is InChI=1S/C14H16FNS/c1-9-5-4-6-11(14(9)15)13-8-7-12(17-13)10(2)16-3/h4-8,10,16H,1-3H3. The summed E-state index contributed by atoms with van der Waals surface area (Å²) in [5.41, 5.74) is 1.39. The molecule has 1 atom stereocenters. The summed E-state index contributed by atoms with van der Waals surface area (Å²) in [4.78, 5) is 2.21. The van der Waals surface area contributed by atoms with Crippen LogP contribution in [0.5, 0.6) is 0 Å². The molecule has 0 spiro atoms. The van der Waals surface area contributed by atoms with E-state index < -0.39 is 0 Å². The van der Waals surface area contributed by atoms with Crippen LogP contribution in [0.3, 0.4) is 0 Å². The van der Waals surface area contributed by atoms with Crippen LogP contribution in [0.4, 0.5) is 4.39 Å². The number of rotatable bonds is 3. The first-order chi connectivity index (χ1) is 8.13. The number of benzene rings is 1.